The van der Waals surface area contributed by atoms with Gasteiger partial charge in [-0.15, -0.1) is 11.3 Å². The standard InChI is InChI=1S/C21H20Cl2FN5O4S2/c1-33-17-6-5-12(8-25-17)11-29-19-13(9-27-29)3-2-4-14(19)16(24)10-26-21(30)28-35(31,32)18-7-15(22)20(23)34-18/h5-9H,2-4,10-11H2,1H3,(H2,26,28,30). The minimum atomic E-state index is -4.20. The second-order valence-corrected chi connectivity index (χ2v) is 11.6. The maximum atomic E-state index is 15.2. The van der Waals surface area contributed by atoms with Crippen LogP contribution in [0.3, 0.4) is 0 Å². The van der Waals surface area contributed by atoms with E-state index in [4.69, 9.17) is 27.9 Å². The number of urea groups is 1. The maximum absolute atomic E-state index is 15.2. The highest BCUT2D eigenvalue weighted by Crippen LogP contribution is 2.35. The van der Waals surface area contributed by atoms with Crippen molar-refractivity contribution in [3.63, 3.8) is 0 Å². The van der Waals surface area contributed by atoms with Gasteiger partial charge in [0.1, 0.15) is 14.4 Å². The average Bonchev–Trinajstić information content (AvgIpc) is 3.41. The molecular weight excluding hydrogens is 540 g/mol. The lowest BCUT2D eigenvalue weighted by molar-refractivity contribution is 0.246. The minimum absolute atomic E-state index is 0.0587. The highest BCUT2D eigenvalue weighted by Gasteiger charge is 2.25. The van der Waals surface area contributed by atoms with E-state index in [1.807, 2.05) is 10.8 Å². The van der Waals surface area contributed by atoms with Crippen LogP contribution in [0.4, 0.5) is 9.18 Å². The summed E-state index contributed by atoms with van der Waals surface area (Å²) in [7, 11) is -2.67. The molecule has 2 amide bonds. The lowest BCUT2D eigenvalue weighted by Gasteiger charge is -2.19. The molecule has 0 aliphatic heterocycles. The Morgan fingerprint density at radius 1 is 1.29 bits per heavy atom. The van der Waals surface area contributed by atoms with Gasteiger partial charge in [0.15, 0.2) is 0 Å². The molecule has 2 N–H and O–H groups in total. The monoisotopic (exact) mass is 559 g/mol. The molecule has 3 aromatic rings. The van der Waals surface area contributed by atoms with E-state index in [1.165, 1.54) is 7.11 Å². The fraction of sp³-hybridized carbons (Fsp3) is 0.286. The third-order valence-electron chi connectivity index (χ3n) is 5.26. The molecule has 0 spiro atoms. The minimum Gasteiger partial charge on any atom is -0.481 e. The topological polar surface area (TPSA) is 115 Å². The van der Waals surface area contributed by atoms with E-state index in [1.54, 1.807) is 23.1 Å². The number of carbonyl (C=O) groups is 1. The molecule has 0 radical (unpaired) electrons. The van der Waals surface area contributed by atoms with Crippen molar-refractivity contribution < 1.29 is 22.3 Å². The second kappa shape index (κ2) is 10.5. The number of allylic oxidation sites excluding steroid dienone is 1. The SMILES string of the molecule is COc1ccc(Cn2ncc3c2C(=C(F)CNC(=O)NS(=O)(=O)c2cc(Cl)c(Cl)s2)CCC3)cn1. The number of carbonyl (C=O) groups excluding carboxylic acids is 1. The van der Waals surface area contributed by atoms with Crippen molar-refractivity contribution in [3.05, 3.63) is 62.6 Å². The summed E-state index contributed by atoms with van der Waals surface area (Å²) >= 11 is 12.3. The number of aromatic nitrogens is 3. The molecule has 14 heteroatoms. The van der Waals surface area contributed by atoms with Crippen molar-refractivity contribution in [2.24, 2.45) is 0 Å². The van der Waals surface area contributed by atoms with Gasteiger partial charge in [-0.2, -0.15) is 5.10 Å². The first kappa shape index (κ1) is 25.4. The molecule has 3 aromatic heterocycles. The summed E-state index contributed by atoms with van der Waals surface area (Å²) in [5.74, 6) is -0.0881. The highest BCUT2D eigenvalue weighted by atomic mass is 35.5. The average molecular weight is 560 g/mol. The number of sulfonamides is 1. The quantitative estimate of drug-likeness (QED) is 0.443. The number of hydrogen-bond acceptors (Lipinski definition) is 7. The van der Waals surface area contributed by atoms with Gasteiger partial charge in [0.05, 0.1) is 37.1 Å². The van der Waals surface area contributed by atoms with Crippen molar-refractivity contribution in [1.82, 2.24) is 24.8 Å². The Morgan fingerprint density at radius 2 is 2.09 bits per heavy atom. The van der Waals surface area contributed by atoms with E-state index >= 15 is 4.39 Å². The van der Waals surface area contributed by atoms with Crippen LogP contribution in [-0.2, 0) is 23.0 Å². The molecule has 0 fully saturated rings. The number of nitrogens with one attached hydrogen (secondary N) is 2. The van der Waals surface area contributed by atoms with E-state index in [-0.39, 0.29) is 13.6 Å². The molecule has 35 heavy (non-hydrogen) atoms. The van der Waals surface area contributed by atoms with Gasteiger partial charge in [0.25, 0.3) is 10.0 Å². The van der Waals surface area contributed by atoms with Gasteiger partial charge >= 0.3 is 6.03 Å². The zero-order valence-corrected chi connectivity index (χ0v) is 21.5. The summed E-state index contributed by atoms with van der Waals surface area (Å²) in [5, 5.41) is 6.73. The Hall–Kier alpha value is -2.67. The molecular formula is C21H20Cl2FN5O4S2. The molecule has 1 aliphatic carbocycles. The number of fused-ring (bicyclic) bond motifs is 1. The predicted molar refractivity (Wildman–Crippen MR) is 131 cm³/mol. The first-order valence-electron chi connectivity index (χ1n) is 10.3. The lowest BCUT2D eigenvalue weighted by Crippen LogP contribution is -2.39. The first-order chi connectivity index (χ1) is 16.7. The molecule has 4 rings (SSSR count). The lowest BCUT2D eigenvalue weighted by atomic mass is 9.92. The smallest absolute Gasteiger partial charge is 0.329 e. The van der Waals surface area contributed by atoms with Crippen LogP contribution in [0.15, 0.2) is 40.6 Å². The fourth-order valence-corrected chi connectivity index (χ4v) is 6.45. The molecule has 9 nitrogen and oxygen atoms in total. The van der Waals surface area contributed by atoms with Crippen molar-refractivity contribution in [2.45, 2.75) is 30.0 Å². The van der Waals surface area contributed by atoms with Crippen molar-refractivity contribution in [2.75, 3.05) is 13.7 Å². The Bertz CT molecular complexity index is 1370. The van der Waals surface area contributed by atoms with Gasteiger partial charge in [0, 0.05) is 17.8 Å². The van der Waals surface area contributed by atoms with Crippen LogP contribution in [0.5, 0.6) is 5.88 Å². The van der Waals surface area contributed by atoms with Gasteiger partial charge in [-0.1, -0.05) is 29.3 Å². The number of hydrogen-bond donors (Lipinski definition) is 2. The molecule has 0 saturated heterocycles. The summed E-state index contributed by atoms with van der Waals surface area (Å²) in [6.45, 7) is -0.113. The molecule has 0 aromatic carbocycles. The zero-order valence-electron chi connectivity index (χ0n) is 18.3. The summed E-state index contributed by atoms with van der Waals surface area (Å²) in [4.78, 5) is 16.4. The van der Waals surface area contributed by atoms with Crippen LogP contribution in [0.25, 0.3) is 5.57 Å². The van der Waals surface area contributed by atoms with Gasteiger partial charge in [0.2, 0.25) is 5.88 Å². The Kier molecular flexibility index (Phi) is 7.64. The Balaban J connectivity index is 1.47. The van der Waals surface area contributed by atoms with Gasteiger partial charge in [-0.3, -0.25) is 4.68 Å². The fourth-order valence-electron chi connectivity index (χ4n) is 3.64. The molecule has 0 saturated carbocycles. The number of aryl methyl sites for hydroxylation is 1. The van der Waals surface area contributed by atoms with E-state index in [9.17, 15) is 13.2 Å². The van der Waals surface area contributed by atoms with Crippen LogP contribution in [0.1, 0.15) is 29.7 Å². The highest BCUT2D eigenvalue weighted by molar-refractivity contribution is 7.92. The van der Waals surface area contributed by atoms with Gasteiger partial charge in [-0.25, -0.2) is 27.3 Å². The number of amides is 2. The largest absolute Gasteiger partial charge is 0.481 e. The Morgan fingerprint density at radius 3 is 2.74 bits per heavy atom. The van der Waals surface area contributed by atoms with Crippen LogP contribution >= 0.6 is 34.5 Å². The molecule has 0 bridgehead atoms. The van der Waals surface area contributed by atoms with Crippen molar-refractivity contribution in [3.8, 4) is 5.88 Å². The summed E-state index contributed by atoms with van der Waals surface area (Å²) < 4.78 is 48.3. The summed E-state index contributed by atoms with van der Waals surface area (Å²) in [5.41, 5.74) is 2.84. The number of pyridine rings is 1. The van der Waals surface area contributed by atoms with Crippen molar-refractivity contribution in [1.29, 1.82) is 0 Å². The molecule has 186 valence electrons. The van der Waals surface area contributed by atoms with Gasteiger partial charge < -0.3 is 10.1 Å². The van der Waals surface area contributed by atoms with Crippen LogP contribution in [0, 0.1) is 0 Å². The summed E-state index contributed by atoms with van der Waals surface area (Å²) in [6, 6.07) is 3.64. The molecule has 0 unspecified atom stereocenters. The Labute approximate surface area is 215 Å². The molecule has 0 atom stereocenters. The van der Waals surface area contributed by atoms with Gasteiger partial charge in [-0.05, 0) is 36.5 Å². The molecule has 3 heterocycles. The maximum Gasteiger partial charge on any atom is 0.329 e. The number of halogens is 3. The number of rotatable bonds is 7. The van der Waals surface area contributed by atoms with E-state index < -0.39 is 28.4 Å². The third kappa shape index (κ3) is 5.77. The van der Waals surface area contributed by atoms with Crippen molar-refractivity contribution >= 4 is 56.2 Å². The zero-order chi connectivity index (χ0) is 25.2. The number of methoxy groups -OCH3 is 1. The van der Waals surface area contributed by atoms with E-state index in [0.29, 0.717) is 41.4 Å². The van der Waals surface area contributed by atoms with E-state index in [2.05, 4.69) is 15.4 Å². The number of thiophene rings is 1. The van der Waals surface area contributed by atoms with Crippen LogP contribution in [0.2, 0.25) is 9.36 Å². The molecule has 1 aliphatic rings. The predicted octanol–water partition coefficient (Wildman–Crippen LogP) is 4.41. The summed E-state index contributed by atoms with van der Waals surface area (Å²) in [6.07, 6.45) is 5.31. The van der Waals surface area contributed by atoms with Crippen LogP contribution in [-0.4, -0.2) is 42.9 Å². The second-order valence-electron chi connectivity index (χ2n) is 7.60. The first-order valence-corrected chi connectivity index (χ1v) is 13.4. The normalized spacial score (nSPS) is 14.9. The van der Waals surface area contributed by atoms with E-state index in [0.717, 1.165) is 30.0 Å². The number of ether oxygens (including phenoxy) is 1. The van der Waals surface area contributed by atoms with Crippen LogP contribution < -0.4 is 14.8 Å². The third-order valence-corrected chi connectivity index (χ3v) is 8.93. The number of nitrogens with zero attached hydrogens (tertiary/aromatic N) is 3.